The van der Waals surface area contributed by atoms with Gasteiger partial charge in [0, 0.05) is 0 Å². The van der Waals surface area contributed by atoms with Gasteiger partial charge in [-0.15, -0.1) is 17.1 Å². The zero-order valence-corrected chi connectivity index (χ0v) is 6.73. The van der Waals surface area contributed by atoms with Gasteiger partial charge in [0.25, 0.3) is 0 Å². The topological polar surface area (TPSA) is 12.0 Å². The third-order valence-corrected chi connectivity index (χ3v) is 1.73. The average Bonchev–Trinajstić information content (AvgIpc) is 2.13. The Balaban J connectivity index is 3.56. The molecule has 0 unspecified atom stereocenters. The van der Waals surface area contributed by atoms with Crippen molar-refractivity contribution in [2.75, 3.05) is 5.54 Å². The molecule has 0 saturated heterocycles. The molecular weight excluding hydrogens is 213 g/mol. The minimum absolute atomic E-state index is 0.508. The average molecular weight is 215 g/mol. The molecule has 1 nitrogen and oxygen atoms in total. The van der Waals surface area contributed by atoms with Crippen molar-refractivity contribution in [1.82, 2.24) is 0 Å². The van der Waals surface area contributed by atoms with Crippen LogP contribution in [0.4, 0.5) is 27.7 Å². The monoisotopic (exact) mass is 215 g/mol. The second-order valence-electron chi connectivity index (χ2n) is 2.07. The molecule has 0 atom stereocenters. The lowest BCUT2D eigenvalue weighted by molar-refractivity contribution is 0.422. The predicted molar refractivity (Wildman–Crippen MR) is 38.3 cm³/mol. The van der Waals surface area contributed by atoms with Gasteiger partial charge >= 0.3 is 0 Å². The smallest absolute Gasteiger partial charge is 0.188 e. The van der Waals surface area contributed by atoms with E-state index >= 15 is 0 Å². The molecule has 0 heterocycles. The fourth-order valence-corrected chi connectivity index (χ4v) is 0.899. The zero-order chi connectivity index (χ0) is 10.2. The predicted octanol–water partition coefficient (Wildman–Crippen LogP) is 2.83. The van der Waals surface area contributed by atoms with E-state index < -0.39 is 33.9 Å². The van der Waals surface area contributed by atoms with Crippen LogP contribution < -0.4 is 5.54 Å². The van der Waals surface area contributed by atoms with Crippen LogP contribution in [0.15, 0.2) is 4.90 Å². The molecule has 1 aromatic carbocycles. The Bertz CT molecular complexity index is 324. The maximum absolute atomic E-state index is 12.6. The van der Waals surface area contributed by atoms with Crippen LogP contribution in [-0.2, 0) is 0 Å². The first-order valence-corrected chi connectivity index (χ1v) is 3.37. The van der Waals surface area contributed by atoms with E-state index in [9.17, 15) is 22.0 Å². The molecule has 1 aromatic rings. The molecule has 0 amide bonds. The van der Waals surface area contributed by atoms with Crippen molar-refractivity contribution in [1.29, 1.82) is 0 Å². The van der Waals surface area contributed by atoms with E-state index in [0.29, 0.717) is 5.54 Å². The Morgan fingerprint density at radius 3 is 1.54 bits per heavy atom. The summed E-state index contributed by atoms with van der Waals surface area (Å²) < 4.78 is 61.9. The van der Waals surface area contributed by atoms with E-state index in [0.717, 1.165) is 0 Å². The number of anilines is 1. The minimum Gasteiger partial charge on any atom is -0.218 e. The number of nitrogens with one attached hydrogen (secondary N) is 1. The molecule has 0 aliphatic heterocycles. The lowest BCUT2D eigenvalue weighted by atomic mass is 10.2. The third kappa shape index (κ3) is 1.43. The van der Waals surface area contributed by atoms with Crippen LogP contribution in [0.2, 0.25) is 0 Å². The summed E-state index contributed by atoms with van der Waals surface area (Å²) in [4.78, 5) is -1.13. The zero-order valence-electron chi connectivity index (χ0n) is 5.84. The summed E-state index contributed by atoms with van der Waals surface area (Å²) >= 11 is 3.16. The summed E-state index contributed by atoms with van der Waals surface area (Å²) in [5, 5.41) is 0. The molecule has 0 spiro atoms. The maximum atomic E-state index is 12.6. The molecule has 0 aliphatic rings. The molecular formula is C6H2F5NS. The highest BCUT2D eigenvalue weighted by atomic mass is 32.1. The van der Waals surface area contributed by atoms with Crippen molar-refractivity contribution in [3.63, 3.8) is 0 Å². The first kappa shape index (κ1) is 10.1. The van der Waals surface area contributed by atoms with Gasteiger partial charge in [-0.2, -0.15) is 0 Å². The maximum Gasteiger partial charge on any atom is 0.188 e. The van der Waals surface area contributed by atoms with Crippen molar-refractivity contribution in [3.8, 4) is 0 Å². The molecule has 7 heteroatoms. The van der Waals surface area contributed by atoms with E-state index in [1.165, 1.54) is 0 Å². The van der Waals surface area contributed by atoms with Crippen LogP contribution in [-0.4, -0.2) is 0 Å². The lowest BCUT2D eigenvalue weighted by Gasteiger charge is -2.05. The molecule has 0 aliphatic carbocycles. The number of halogens is 5. The number of hydrogen-bond acceptors (Lipinski definition) is 2. The summed E-state index contributed by atoms with van der Waals surface area (Å²) in [7, 11) is 0. The van der Waals surface area contributed by atoms with Gasteiger partial charge in [0.1, 0.15) is 5.69 Å². The van der Waals surface area contributed by atoms with Gasteiger partial charge in [0.15, 0.2) is 23.3 Å². The van der Waals surface area contributed by atoms with Crippen LogP contribution >= 0.6 is 12.6 Å². The van der Waals surface area contributed by atoms with Crippen molar-refractivity contribution in [2.24, 2.45) is 0 Å². The van der Waals surface area contributed by atoms with Gasteiger partial charge < -0.3 is 0 Å². The Morgan fingerprint density at radius 1 is 0.846 bits per heavy atom. The van der Waals surface area contributed by atoms with E-state index in [4.69, 9.17) is 0 Å². The quantitative estimate of drug-likeness (QED) is 0.317. The van der Waals surface area contributed by atoms with Crippen LogP contribution in [0.5, 0.6) is 0 Å². The van der Waals surface area contributed by atoms with Crippen molar-refractivity contribution in [3.05, 3.63) is 23.3 Å². The summed E-state index contributed by atoms with van der Waals surface area (Å²) in [6.45, 7) is 0. The minimum atomic E-state index is -1.86. The van der Waals surface area contributed by atoms with Gasteiger partial charge in [-0.1, -0.05) is 0 Å². The molecule has 72 valence electrons. The van der Waals surface area contributed by atoms with E-state index in [-0.39, 0.29) is 0 Å². The van der Waals surface area contributed by atoms with Crippen LogP contribution in [0, 0.1) is 23.3 Å². The molecule has 1 rings (SSSR count). The molecule has 0 bridgehead atoms. The molecule has 0 saturated carbocycles. The molecule has 0 radical (unpaired) electrons. The largest absolute Gasteiger partial charge is 0.218 e. The summed E-state index contributed by atoms with van der Waals surface area (Å²) in [5.74, 6) is -7.21. The lowest BCUT2D eigenvalue weighted by Crippen LogP contribution is -2.02. The summed E-state index contributed by atoms with van der Waals surface area (Å²) in [6.07, 6.45) is 0. The van der Waals surface area contributed by atoms with Gasteiger partial charge in [-0.05, 0) is 0 Å². The fraction of sp³-hybridized carbons (Fsp3) is 0. The SMILES string of the molecule is FNc1c(F)c(F)c(S)c(F)c1F. The van der Waals surface area contributed by atoms with Crippen molar-refractivity contribution in [2.45, 2.75) is 4.90 Å². The third-order valence-electron chi connectivity index (χ3n) is 1.33. The Morgan fingerprint density at radius 2 is 1.23 bits per heavy atom. The highest BCUT2D eigenvalue weighted by Crippen LogP contribution is 2.29. The van der Waals surface area contributed by atoms with Gasteiger partial charge in [-0.25, -0.2) is 23.1 Å². The first-order valence-electron chi connectivity index (χ1n) is 2.92. The Kier molecular flexibility index (Phi) is 2.65. The second kappa shape index (κ2) is 3.41. The highest BCUT2D eigenvalue weighted by molar-refractivity contribution is 7.80. The highest BCUT2D eigenvalue weighted by Gasteiger charge is 2.23. The van der Waals surface area contributed by atoms with Crippen molar-refractivity contribution >= 4 is 18.3 Å². The molecule has 0 aromatic heterocycles. The van der Waals surface area contributed by atoms with Gasteiger partial charge in [0.2, 0.25) is 0 Å². The molecule has 13 heavy (non-hydrogen) atoms. The van der Waals surface area contributed by atoms with E-state index in [1.54, 1.807) is 0 Å². The normalized spacial score (nSPS) is 10.3. The number of rotatable bonds is 1. The first-order chi connectivity index (χ1) is 6.00. The van der Waals surface area contributed by atoms with E-state index in [2.05, 4.69) is 12.6 Å². The van der Waals surface area contributed by atoms with Gasteiger partial charge in [-0.3, -0.25) is 0 Å². The second-order valence-corrected chi connectivity index (χ2v) is 2.52. The number of thiol groups is 1. The number of hydrogen-bond donors (Lipinski definition) is 2. The molecule has 0 fully saturated rings. The summed E-state index contributed by atoms with van der Waals surface area (Å²) in [5.41, 5.74) is -0.998. The Hall–Kier alpha value is -0.980. The van der Waals surface area contributed by atoms with Gasteiger partial charge in [0.05, 0.1) is 4.90 Å². The van der Waals surface area contributed by atoms with Crippen LogP contribution in [0.3, 0.4) is 0 Å². The van der Waals surface area contributed by atoms with Crippen molar-refractivity contribution < 1.29 is 22.0 Å². The van der Waals surface area contributed by atoms with E-state index in [1.807, 2.05) is 0 Å². The standard InChI is InChI=1S/C6H2F5NS/c7-1-3(9)6(13)4(10)2(8)5(1)12-11/h12-13H. The molecule has 1 N–H and O–H groups in total. The van der Waals surface area contributed by atoms with Crippen LogP contribution in [0.1, 0.15) is 0 Å². The number of benzene rings is 1. The Labute approximate surface area is 74.9 Å². The fourth-order valence-electron chi connectivity index (χ4n) is 0.703. The summed E-state index contributed by atoms with van der Waals surface area (Å²) in [6, 6.07) is 0. The van der Waals surface area contributed by atoms with Crippen LogP contribution in [0.25, 0.3) is 0 Å².